The lowest BCUT2D eigenvalue weighted by atomic mass is 10.0. The number of hydrogen-bond acceptors (Lipinski definition) is 10. The molecular formula is C33H45N5O8S. The van der Waals surface area contributed by atoms with E-state index in [-0.39, 0.29) is 65.2 Å². The van der Waals surface area contributed by atoms with Crippen LogP contribution in [0.25, 0.3) is 0 Å². The molecule has 2 amide bonds. The van der Waals surface area contributed by atoms with Crippen LogP contribution in [0.2, 0.25) is 0 Å². The van der Waals surface area contributed by atoms with Crippen molar-refractivity contribution in [3.05, 3.63) is 65.3 Å². The number of carbonyl (C=O) groups excluding carboxylic acids is 2. The van der Waals surface area contributed by atoms with E-state index < -0.39 is 28.1 Å². The van der Waals surface area contributed by atoms with Gasteiger partial charge in [-0.05, 0) is 77.3 Å². The smallest absolute Gasteiger partial charge is 0.267 e. The first-order valence-electron chi connectivity index (χ1n) is 15.8. The highest BCUT2D eigenvalue weighted by atomic mass is 32.2. The molecule has 1 aliphatic heterocycles. The molecular weight excluding hydrogens is 626 g/mol. The first-order valence-corrected chi connectivity index (χ1v) is 17.3. The molecule has 0 unspecified atom stereocenters. The number of aromatic nitrogens is 2. The molecule has 0 fully saturated rings. The number of aryl methyl sites for hydroxylation is 2. The van der Waals surface area contributed by atoms with Gasteiger partial charge in [0.1, 0.15) is 11.4 Å². The van der Waals surface area contributed by atoms with Crippen molar-refractivity contribution < 1.29 is 37.1 Å². The number of carbonyl (C=O) groups is 2. The van der Waals surface area contributed by atoms with Crippen LogP contribution in [-0.2, 0) is 14.8 Å². The summed E-state index contributed by atoms with van der Waals surface area (Å²) in [6, 6.07) is 7.29. The van der Waals surface area contributed by atoms with Crippen LogP contribution in [0.5, 0.6) is 5.75 Å². The summed E-state index contributed by atoms with van der Waals surface area (Å²) in [6.45, 7) is 9.25. The molecule has 0 spiro atoms. The third kappa shape index (κ3) is 8.87. The van der Waals surface area contributed by atoms with E-state index in [1.54, 1.807) is 55.5 Å². The molecule has 0 saturated carbocycles. The Hall–Kier alpha value is -4.01. The highest BCUT2D eigenvalue weighted by Gasteiger charge is 2.32. The Kier molecular flexibility index (Phi) is 12.0. The molecule has 2 N–H and O–H groups in total. The molecule has 14 heteroatoms. The van der Waals surface area contributed by atoms with Crippen LogP contribution in [-0.4, -0.2) is 96.9 Å². The van der Waals surface area contributed by atoms with Crippen LogP contribution in [0.3, 0.4) is 0 Å². The van der Waals surface area contributed by atoms with E-state index >= 15 is 0 Å². The number of nitrogens with zero attached hydrogens (tertiary/aromatic N) is 4. The zero-order valence-electron chi connectivity index (χ0n) is 27.8. The van der Waals surface area contributed by atoms with Crippen LogP contribution >= 0.6 is 0 Å². The number of ether oxygens (including phenoxy) is 2. The normalized spacial score (nSPS) is 20.4. The Labute approximate surface area is 276 Å². The van der Waals surface area contributed by atoms with Crippen LogP contribution < -0.4 is 9.46 Å². The number of aliphatic hydroxyl groups is 1. The molecule has 47 heavy (non-hydrogen) atoms. The quantitative estimate of drug-likeness (QED) is 0.357. The van der Waals surface area contributed by atoms with Crippen LogP contribution in [0.1, 0.15) is 72.2 Å². The van der Waals surface area contributed by atoms with E-state index in [1.807, 2.05) is 13.8 Å². The van der Waals surface area contributed by atoms with Gasteiger partial charge in [0.15, 0.2) is 10.7 Å². The van der Waals surface area contributed by atoms with Crippen LogP contribution in [0.15, 0.2) is 52.1 Å². The molecule has 4 atom stereocenters. The third-order valence-electron chi connectivity index (χ3n) is 8.27. The Balaban J connectivity index is 1.67. The summed E-state index contributed by atoms with van der Waals surface area (Å²) >= 11 is 0. The number of sulfonamides is 1. The number of benzene rings is 1. The van der Waals surface area contributed by atoms with Crippen LogP contribution in [0, 0.1) is 19.8 Å². The maximum atomic E-state index is 14.4. The molecule has 4 rings (SSSR count). The van der Waals surface area contributed by atoms with E-state index in [9.17, 15) is 23.1 Å². The number of aliphatic hydroxyl groups excluding tert-OH is 1. The standard InChI is InChI=1S/C33H45N5O8S/c1-21-18-38(22(2)20-39)33(41)28-17-27(36-47(42,43)31-24(4)35-46-25(31)5)10-11-29(28)45-23(3)9-7-8-16-44-30(21)19-37(6)32(40)26-12-14-34-15-13-26/h10-15,17,21-23,30,36,39H,7-9,16,18-20H2,1-6H3/t21-,22+,23-,30+/m1/s1. The van der Waals surface area contributed by atoms with Crippen LogP contribution in [0.4, 0.5) is 5.69 Å². The molecule has 0 radical (unpaired) electrons. The van der Waals surface area contributed by atoms with Crippen molar-refractivity contribution in [1.29, 1.82) is 0 Å². The Bertz CT molecular complexity index is 1610. The number of nitrogens with one attached hydrogen (secondary N) is 1. The lowest BCUT2D eigenvalue weighted by molar-refractivity contribution is -0.0149. The predicted octanol–water partition coefficient (Wildman–Crippen LogP) is 4.05. The van der Waals surface area contributed by atoms with Gasteiger partial charge in [-0.25, -0.2) is 8.42 Å². The van der Waals surface area contributed by atoms with Crippen molar-refractivity contribution in [3.63, 3.8) is 0 Å². The molecule has 3 aromatic rings. The third-order valence-corrected chi connectivity index (χ3v) is 9.89. The van der Waals surface area contributed by atoms with Crippen molar-refractivity contribution in [2.75, 3.05) is 38.1 Å². The molecule has 3 heterocycles. The van der Waals surface area contributed by atoms with E-state index in [0.29, 0.717) is 24.3 Å². The maximum Gasteiger partial charge on any atom is 0.267 e. The highest BCUT2D eigenvalue weighted by molar-refractivity contribution is 7.92. The van der Waals surface area contributed by atoms with Gasteiger partial charge in [-0.1, -0.05) is 12.1 Å². The fraction of sp³-hybridized carbons (Fsp3) is 0.515. The second-order valence-corrected chi connectivity index (χ2v) is 13.8. The van der Waals surface area contributed by atoms with Gasteiger partial charge in [0, 0.05) is 56.3 Å². The van der Waals surface area contributed by atoms with Gasteiger partial charge in [-0.15, -0.1) is 0 Å². The monoisotopic (exact) mass is 671 g/mol. The molecule has 0 aliphatic carbocycles. The van der Waals surface area contributed by atoms with Gasteiger partial charge in [-0.3, -0.25) is 19.3 Å². The summed E-state index contributed by atoms with van der Waals surface area (Å²) in [4.78, 5) is 34.6. The molecule has 256 valence electrons. The van der Waals surface area contributed by atoms with E-state index in [1.165, 1.54) is 24.8 Å². The SMILES string of the molecule is Cc1noc(C)c1S(=O)(=O)Nc1ccc2c(c1)C(=O)N([C@@H](C)CO)C[C@@H](C)[C@H](CN(C)C(=O)c1ccncc1)OCCCC[C@@H](C)O2. The largest absolute Gasteiger partial charge is 0.490 e. The van der Waals surface area contributed by atoms with Crippen molar-refractivity contribution in [1.82, 2.24) is 19.9 Å². The van der Waals surface area contributed by atoms with E-state index in [2.05, 4.69) is 14.9 Å². The van der Waals surface area contributed by atoms with E-state index in [4.69, 9.17) is 14.0 Å². The minimum Gasteiger partial charge on any atom is -0.490 e. The fourth-order valence-electron chi connectivity index (χ4n) is 5.58. The van der Waals surface area contributed by atoms with E-state index in [0.717, 1.165) is 12.8 Å². The number of rotatable bonds is 8. The first kappa shape index (κ1) is 35.8. The zero-order chi connectivity index (χ0) is 34.3. The van der Waals surface area contributed by atoms with Crippen molar-refractivity contribution in [2.45, 2.75) is 77.0 Å². The summed E-state index contributed by atoms with van der Waals surface area (Å²) in [5, 5.41) is 14.0. The van der Waals surface area contributed by atoms with Gasteiger partial charge in [0.05, 0.1) is 30.4 Å². The topological polar surface area (TPSA) is 164 Å². The number of amides is 2. The van der Waals surface area contributed by atoms with Crippen molar-refractivity contribution in [2.24, 2.45) is 5.92 Å². The van der Waals surface area contributed by atoms with Gasteiger partial charge >= 0.3 is 0 Å². The highest BCUT2D eigenvalue weighted by Crippen LogP contribution is 2.30. The Morgan fingerprint density at radius 2 is 1.89 bits per heavy atom. The zero-order valence-corrected chi connectivity index (χ0v) is 28.6. The molecule has 1 aromatic carbocycles. The average molecular weight is 672 g/mol. The predicted molar refractivity (Wildman–Crippen MR) is 175 cm³/mol. The number of pyridine rings is 1. The Morgan fingerprint density at radius 1 is 1.17 bits per heavy atom. The van der Waals surface area contributed by atoms with Gasteiger partial charge < -0.3 is 28.9 Å². The number of hydrogen-bond donors (Lipinski definition) is 2. The molecule has 13 nitrogen and oxygen atoms in total. The number of anilines is 1. The molecule has 1 aliphatic rings. The maximum absolute atomic E-state index is 14.4. The fourth-order valence-corrected chi connectivity index (χ4v) is 6.96. The summed E-state index contributed by atoms with van der Waals surface area (Å²) in [5.74, 6) is -0.434. The first-order chi connectivity index (χ1) is 22.3. The minimum atomic E-state index is -4.09. The summed E-state index contributed by atoms with van der Waals surface area (Å²) in [5.41, 5.74) is 1.01. The molecule has 2 aromatic heterocycles. The summed E-state index contributed by atoms with van der Waals surface area (Å²) < 4.78 is 46.8. The number of fused-ring (bicyclic) bond motifs is 1. The van der Waals surface area contributed by atoms with Gasteiger partial charge in [0.2, 0.25) is 0 Å². The number of likely N-dealkylation sites (N-methyl/N-ethyl adjacent to an activating group) is 1. The van der Waals surface area contributed by atoms with Gasteiger partial charge in [-0.2, -0.15) is 0 Å². The van der Waals surface area contributed by atoms with Crippen molar-refractivity contribution >= 4 is 27.5 Å². The average Bonchev–Trinajstić information content (AvgIpc) is 3.40. The Morgan fingerprint density at radius 3 is 2.55 bits per heavy atom. The molecule has 0 saturated heterocycles. The van der Waals surface area contributed by atoms with Gasteiger partial charge in [0.25, 0.3) is 21.8 Å². The van der Waals surface area contributed by atoms with Crippen molar-refractivity contribution in [3.8, 4) is 5.75 Å². The lowest BCUT2D eigenvalue weighted by Crippen LogP contribution is -2.48. The second kappa shape index (κ2) is 15.7. The lowest BCUT2D eigenvalue weighted by Gasteiger charge is -2.36. The summed E-state index contributed by atoms with van der Waals surface area (Å²) in [6.07, 6.45) is 4.72. The summed E-state index contributed by atoms with van der Waals surface area (Å²) in [7, 11) is -2.38. The second-order valence-electron chi connectivity index (χ2n) is 12.2. The minimum absolute atomic E-state index is 0.0726. The molecule has 0 bridgehead atoms.